The third-order valence-corrected chi connectivity index (χ3v) is 4.53. The number of aryl methyl sites for hydroxylation is 1. The molecule has 3 aromatic rings. The van der Waals surface area contributed by atoms with Gasteiger partial charge in [0.25, 0.3) is 5.56 Å². The van der Waals surface area contributed by atoms with Crippen LogP contribution in [0.1, 0.15) is 20.9 Å². The van der Waals surface area contributed by atoms with Crippen molar-refractivity contribution in [3.63, 3.8) is 0 Å². The van der Waals surface area contributed by atoms with Crippen LogP contribution >= 0.6 is 11.3 Å². The van der Waals surface area contributed by atoms with E-state index >= 15 is 0 Å². The predicted molar refractivity (Wildman–Crippen MR) is 97.8 cm³/mol. The van der Waals surface area contributed by atoms with E-state index < -0.39 is 11.5 Å². The van der Waals surface area contributed by atoms with Crippen LogP contribution in [0.25, 0.3) is 11.1 Å². The molecule has 0 radical (unpaired) electrons. The lowest BCUT2D eigenvalue weighted by molar-refractivity contribution is 0.0735. The second kappa shape index (κ2) is 7.25. The fraction of sp³-hybridized carbons (Fsp3) is 0.105. The Morgan fingerprint density at radius 1 is 1.23 bits per heavy atom. The smallest absolute Gasteiger partial charge is 0.353 e. The molecule has 0 bridgehead atoms. The molecular formula is C19H14N2O4S. The van der Waals surface area contributed by atoms with Crippen molar-refractivity contribution < 1.29 is 14.3 Å². The fourth-order valence-corrected chi connectivity index (χ4v) is 3.09. The number of thiophene rings is 1. The number of carbonyl (C=O) groups is 1. The number of hydrogen-bond donors (Lipinski definition) is 1. The van der Waals surface area contributed by atoms with E-state index in [9.17, 15) is 14.9 Å². The van der Waals surface area contributed by atoms with Crippen molar-refractivity contribution in [2.75, 3.05) is 7.11 Å². The Bertz CT molecular complexity index is 1060. The van der Waals surface area contributed by atoms with Crippen LogP contribution < -0.4 is 15.0 Å². The molecule has 0 amide bonds. The zero-order chi connectivity index (χ0) is 18.7. The minimum absolute atomic E-state index is 0.0148. The zero-order valence-electron chi connectivity index (χ0n) is 14.0. The highest BCUT2D eigenvalue weighted by Gasteiger charge is 2.16. The molecule has 130 valence electrons. The van der Waals surface area contributed by atoms with Gasteiger partial charge in [-0.25, -0.2) is 4.79 Å². The highest BCUT2D eigenvalue weighted by molar-refractivity contribution is 7.12. The van der Waals surface area contributed by atoms with Crippen molar-refractivity contribution >= 4 is 17.3 Å². The Balaban J connectivity index is 2.02. The van der Waals surface area contributed by atoms with Crippen LogP contribution in [0.5, 0.6) is 11.5 Å². The number of rotatable bonds is 4. The van der Waals surface area contributed by atoms with Gasteiger partial charge in [-0.1, -0.05) is 12.1 Å². The van der Waals surface area contributed by atoms with E-state index in [4.69, 9.17) is 9.47 Å². The Hall–Kier alpha value is -3.37. The molecule has 0 aliphatic heterocycles. The van der Waals surface area contributed by atoms with E-state index in [2.05, 4.69) is 4.98 Å². The number of esters is 1. The van der Waals surface area contributed by atoms with Crippen molar-refractivity contribution in [3.8, 4) is 28.7 Å². The summed E-state index contributed by atoms with van der Waals surface area (Å²) in [4.78, 5) is 27.2. The van der Waals surface area contributed by atoms with Gasteiger partial charge in [0.1, 0.15) is 16.5 Å². The van der Waals surface area contributed by atoms with E-state index in [-0.39, 0.29) is 11.3 Å². The lowest BCUT2D eigenvalue weighted by Crippen LogP contribution is -2.12. The van der Waals surface area contributed by atoms with Crippen molar-refractivity contribution in [1.29, 1.82) is 5.26 Å². The Labute approximate surface area is 153 Å². The van der Waals surface area contributed by atoms with Gasteiger partial charge >= 0.3 is 5.97 Å². The van der Waals surface area contributed by atoms with Gasteiger partial charge < -0.3 is 14.5 Å². The van der Waals surface area contributed by atoms with E-state index in [1.165, 1.54) is 18.4 Å². The van der Waals surface area contributed by atoms with Gasteiger partial charge in [-0.05, 0) is 42.1 Å². The summed E-state index contributed by atoms with van der Waals surface area (Å²) in [7, 11) is 1.45. The maximum atomic E-state index is 12.1. The molecule has 0 fully saturated rings. The summed E-state index contributed by atoms with van der Waals surface area (Å²) in [6.07, 6.45) is 0. The first kappa shape index (κ1) is 17.5. The number of pyridine rings is 1. The van der Waals surface area contributed by atoms with Crippen LogP contribution in [-0.4, -0.2) is 18.1 Å². The first-order valence-corrected chi connectivity index (χ1v) is 8.49. The van der Waals surface area contributed by atoms with Crippen LogP contribution in [0, 0.1) is 18.3 Å². The third-order valence-electron chi connectivity index (χ3n) is 3.68. The molecule has 1 aromatic carbocycles. The van der Waals surface area contributed by atoms with Gasteiger partial charge in [0.05, 0.1) is 7.11 Å². The normalized spacial score (nSPS) is 10.2. The first-order chi connectivity index (χ1) is 12.5. The molecule has 2 heterocycles. The van der Waals surface area contributed by atoms with Gasteiger partial charge in [-0.15, -0.1) is 11.3 Å². The average molecular weight is 366 g/mol. The third kappa shape index (κ3) is 3.36. The van der Waals surface area contributed by atoms with Crippen LogP contribution in [0.3, 0.4) is 0 Å². The summed E-state index contributed by atoms with van der Waals surface area (Å²) in [6, 6.07) is 12.0. The van der Waals surface area contributed by atoms with Crippen LogP contribution in [0.15, 0.2) is 46.6 Å². The van der Waals surface area contributed by atoms with Gasteiger partial charge in [0, 0.05) is 11.3 Å². The van der Waals surface area contributed by atoms with E-state index in [1.807, 2.05) is 6.07 Å². The minimum Gasteiger partial charge on any atom is -0.493 e. The summed E-state index contributed by atoms with van der Waals surface area (Å²) in [5.74, 6) is 0.111. The standard InChI is InChI=1S/C19H14N2O4S/c1-11-8-13(14(10-20)18(22)21-11)12-5-6-15(16(9-12)24-2)25-19(23)17-4-3-7-26-17/h3-9H,1-2H3,(H,21,22). The van der Waals surface area contributed by atoms with E-state index in [0.29, 0.717) is 27.4 Å². The molecule has 7 heteroatoms. The topological polar surface area (TPSA) is 92.2 Å². The van der Waals surface area contributed by atoms with Gasteiger partial charge in [0.15, 0.2) is 11.5 Å². The lowest BCUT2D eigenvalue weighted by atomic mass is 10.0. The van der Waals surface area contributed by atoms with E-state index in [0.717, 1.165) is 0 Å². The second-order valence-corrected chi connectivity index (χ2v) is 6.36. The molecule has 0 aliphatic carbocycles. The van der Waals surface area contributed by atoms with Crippen LogP contribution in [0.4, 0.5) is 0 Å². The van der Waals surface area contributed by atoms with Crippen molar-refractivity contribution in [3.05, 3.63) is 68.3 Å². The summed E-state index contributed by atoms with van der Waals surface area (Å²) >= 11 is 1.28. The minimum atomic E-state index is -0.476. The van der Waals surface area contributed by atoms with Crippen molar-refractivity contribution in [2.24, 2.45) is 0 Å². The Morgan fingerprint density at radius 3 is 2.69 bits per heavy atom. The molecule has 0 saturated heterocycles. The number of aromatic amines is 1. The summed E-state index contributed by atoms with van der Waals surface area (Å²) in [5, 5.41) is 11.1. The van der Waals surface area contributed by atoms with Gasteiger partial charge in [0.2, 0.25) is 0 Å². The summed E-state index contributed by atoms with van der Waals surface area (Å²) < 4.78 is 10.7. The molecular weight excluding hydrogens is 352 g/mol. The molecule has 26 heavy (non-hydrogen) atoms. The highest BCUT2D eigenvalue weighted by Crippen LogP contribution is 2.34. The number of ether oxygens (including phenoxy) is 2. The van der Waals surface area contributed by atoms with Crippen LogP contribution in [-0.2, 0) is 0 Å². The maximum Gasteiger partial charge on any atom is 0.353 e. The van der Waals surface area contributed by atoms with Gasteiger partial charge in [-0.3, -0.25) is 4.79 Å². The number of carbonyl (C=O) groups excluding carboxylic acids is 1. The number of aromatic nitrogens is 1. The largest absolute Gasteiger partial charge is 0.493 e. The Kier molecular flexibility index (Phi) is 4.87. The molecule has 0 atom stereocenters. The van der Waals surface area contributed by atoms with Crippen molar-refractivity contribution in [2.45, 2.75) is 6.92 Å². The maximum absolute atomic E-state index is 12.1. The zero-order valence-corrected chi connectivity index (χ0v) is 14.8. The quantitative estimate of drug-likeness (QED) is 0.563. The first-order valence-electron chi connectivity index (χ1n) is 7.61. The molecule has 0 saturated carbocycles. The molecule has 2 aromatic heterocycles. The number of H-pyrrole nitrogens is 1. The summed E-state index contributed by atoms with van der Waals surface area (Å²) in [6.45, 7) is 1.74. The van der Waals surface area contributed by atoms with Crippen LogP contribution in [0.2, 0.25) is 0 Å². The monoisotopic (exact) mass is 366 g/mol. The number of nitrogens with one attached hydrogen (secondary N) is 1. The number of benzene rings is 1. The summed E-state index contributed by atoms with van der Waals surface area (Å²) in [5.41, 5.74) is 1.30. The number of hydrogen-bond acceptors (Lipinski definition) is 6. The molecule has 3 rings (SSSR count). The fourth-order valence-electron chi connectivity index (χ4n) is 2.49. The number of nitriles is 1. The van der Waals surface area contributed by atoms with Gasteiger partial charge in [-0.2, -0.15) is 5.26 Å². The highest BCUT2D eigenvalue weighted by atomic mass is 32.1. The number of methoxy groups -OCH3 is 1. The molecule has 0 aliphatic rings. The SMILES string of the molecule is COc1cc(-c2cc(C)[nH]c(=O)c2C#N)ccc1OC(=O)c1cccs1. The molecule has 0 unspecified atom stereocenters. The second-order valence-electron chi connectivity index (χ2n) is 5.41. The molecule has 1 N–H and O–H groups in total. The lowest BCUT2D eigenvalue weighted by Gasteiger charge is -2.11. The van der Waals surface area contributed by atoms with Crippen molar-refractivity contribution in [1.82, 2.24) is 4.98 Å². The predicted octanol–water partition coefficient (Wildman–Crippen LogP) is 3.51. The molecule has 0 spiro atoms. The molecule has 6 nitrogen and oxygen atoms in total. The van der Waals surface area contributed by atoms with E-state index in [1.54, 1.807) is 48.7 Å². The Morgan fingerprint density at radius 2 is 2.04 bits per heavy atom. The number of nitrogens with zero attached hydrogens (tertiary/aromatic N) is 1. The average Bonchev–Trinajstić information content (AvgIpc) is 3.16.